The number of esters is 2. The average Bonchev–Trinajstić information content (AvgIpc) is 3.22. The van der Waals surface area contributed by atoms with Crippen molar-refractivity contribution in [1.82, 2.24) is 10.3 Å². The summed E-state index contributed by atoms with van der Waals surface area (Å²) >= 11 is 3.31. The molecule has 0 radical (unpaired) electrons. The van der Waals surface area contributed by atoms with Gasteiger partial charge in [-0.25, -0.2) is 9.78 Å². The topological polar surface area (TPSA) is 94.6 Å². The molecule has 0 atom stereocenters. The lowest BCUT2D eigenvalue weighted by Gasteiger charge is -2.07. The molecule has 0 spiro atoms. The second kappa shape index (κ2) is 12.2. The van der Waals surface area contributed by atoms with Gasteiger partial charge in [0, 0.05) is 18.7 Å². The molecular weight excluding hydrogens is 448 g/mol. The van der Waals surface area contributed by atoms with E-state index >= 15 is 0 Å². The smallest absolute Gasteiger partial charge is 0.338 e. The normalized spacial score (nSPS) is 10.7. The lowest BCUT2D eigenvalue weighted by atomic mass is 10.1. The van der Waals surface area contributed by atoms with Crippen molar-refractivity contribution in [3.05, 3.63) is 59.7 Å². The number of hydrogen-bond acceptors (Lipinski definition) is 8. The monoisotopic (exact) mass is 472 g/mol. The number of rotatable bonds is 11. The van der Waals surface area contributed by atoms with Crippen molar-refractivity contribution in [2.24, 2.45) is 0 Å². The molecule has 1 aromatic heterocycles. The quantitative estimate of drug-likeness (QED) is 0.254. The molecule has 0 aliphatic rings. The van der Waals surface area contributed by atoms with E-state index in [1.165, 1.54) is 0 Å². The lowest BCUT2D eigenvalue weighted by Crippen LogP contribution is -2.30. The number of thioether (sulfide) groups is 1. The SMILES string of the molecule is CCOC(=O)CCCNC(=O)COC(=O)c1ccc(CSc2nc3ccccc3s2)cc1. The van der Waals surface area contributed by atoms with Crippen LogP contribution in [0, 0.1) is 0 Å². The third-order valence-corrected chi connectivity index (χ3v) is 6.60. The van der Waals surface area contributed by atoms with E-state index in [2.05, 4.69) is 16.4 Å². The number of aromatic nitrogens is 1. The van der Waals surface area contributed by atoms with E-state index in [1.54, 1.807) is 42.2 Å². The summed E-state index contributed by atoms with van der Waals surface area (Å²) < 4.78 is 12.0. The second-order valence-electron chi connectivity index (χ2n) is 6.77. The van der Waals surface area contributed by atoms with Gasteiger partial charge < -0.3 is 14.8 Å². The summed E-state index contributed by atoms with van der Waals surface area (Å²) in [6.45, 7) is 2.03. The fourth-order valence-electron chi connectivity index (χ4n) is 2.75. The van der Waals surface area contributed by atoms with Crippen LogP contribution in [0.5, 0.6) is 0 Å². The van der Waals surface area contributed by atoms with Gasteiger partial charge in [0.2, 0.25) is 0 Å². The number of thiazole rings is 1. The zero-order valence-electron chi connectivity index (χ0n) is 17.7. The molecule has 1 N–H and O–H groups in total. The Labute approximate surface area is 194 Å². The van der Waals surface area contributed by atoms with Gasteiger partial charge >= 0.3 is 11.9 Å². The molecule has 0 bridgehead atoms. The molecule has 0 saturated carbocycles. The maximum absolute atomic E-state index is 12.2. The van der Waals surface area contributed by atoms with E-state index in [4.69, 9.17) is 9.47 Å². The van der Waals surface area contributed by atoms with Gasteiger partial charge in [0.05, 0.1) is 22.4 Å². The van der Waals surface area contributed by atoms with Crippen LogP contribution in [0.15, 0.2) is 52.9 Å². The van der Waals surface area contributed by atoms with Gasteiger partial charge in [-0.15, -0.1) is 11.3 Å². The Kier molecular flexibility index (Phi) is 9.06. The number of fused-ring (bicyclic) bond motifs is 1. The van der Waals surface area contributed by atoms with Crippen molar-refractivity contribution < 1.29 is 23.9 Å². The van der Waals surface area contributed by atoms with Crippen LogP contribution >= 0.6 is 23.1 Å². The largest absolute Gasteiger partial charge is 0.466 e. The average molecular weight is 473 g/mol. The number of carbonyl (C=O) groups is 3. The molecule has 168 valence electrons. The van der Waals surface area contributed by atoms with Crippen molar-refractivity contribution in [1.29, 1.82) is 0 Å². The van der Waals surface area contributed by atoms with Crippen molar-refractivity contribution in [2.45, 2.75) is 29.9 Å². The second-order valence-corrected chi connectivity index (χ2v) is 9.02. The van der Waals surface area contributed by atoms with Gasteiger partial charge in [0.1, 0.15) is 0 Å². The van der Waals surface area contributed by atoms with Crippen LogP contribution in [0.25, 0.3) is 10.2 Å². The van der Waals surface area contributed by atoms with E-state index in [0.29, 0.717) is 25.1 Å². The Hall–Kier alpha value is -2.91. The first-order valence-electron chi connectivity index (χ1n) is 10.2. The van der Waals surface area contributed by atoms with E-state index in [-0.39, 0.29) is 19.0 Å². The van der Waals surface area contributed by atoms with Crippen molar-refractivity contribution in [2.75, 3.05) is 19.8 Å². The zero-order chi connectivity index (χ0) is 22.8. The molecule has 0 aliphatic heterocycles. The van der Waals surface area contributed by atoms with Gasteiger partial charge in [-0.3, -0.25) is 9.59 Å². The third kappa shape index (κ3) is 7.35. The summed E-state index contributed by atoms with van der Waals surface area (Å²) in [6.07, 6.45) is 0.701. The fourth-order valence-corrected chi connectivity index (χ4v) is 4.78. The first-order valence-corrected chi connectivity index (χ1v) is 12.0. The Morgan fingerprint density at radius 2 is 1.84 bits per heavy atom. The highest BCUT2D eigenvalue weighted by Crippen LogP contribution is 2.31. The van der Waals surface area contributed by atoms with Crippen LogP contribution in [0.1, 0.15) is 35.7 Å². The molecule has 1 amide bonds. The molecule has 1 heterocycles. The Bertz CT molecular complexity index is 1030. The molecule has 0 unspecified atom stereocenters. The standard InChI is InChI=1S/C23H24N2O5S2/c1-2-29-21(27)8-5-13-24-20(26)14-30-22(28)17-11-9-16(10-12-17)15-31-23-25-18-6-3-4-7-19(18)32-23/h3-4,6-7,9-12H,2,5,8,13-15H2,1H3,(H,24,26). The Morgan fingerprint density at radius 3 is 2.59 bits per heavy atom. The number of nitrogens with zero attached hydrogens (tertiary/aromatic N) is 1. The summed E-state index contributed by atoms with van der Waals surface area (Å²) in [5.74, 6) is -0.526. The van der Waals surface area contributed by atoms with Crippen LogP contribution in [-0.2, 0) is 24.8 Å². The van der Waals surface area contributed by atoms with E-state index in [1.807, 2.05) is 30.3 Å². The van der Waals surface area contributed by atoms with Crippen LogP contribution in [0.2, 0.25) is 0 Å². The Morgan fingerprint density at radius 1 is 1.06 bits per heavy atom. The maximum atomic E-state index is 12.2. The zero-order valence-corrected chi connectivity index (χ0v) is 19.3. The van der Waals surface area contributed by atoms with Crippen LogP contribution in [0.3, 0.4) is 0 Å². The van der Waals surface area contributed by atoms with Gasteiger partial charge in [-0.1, -0.05) is 36.0 Å². The minimum Gasteiger partial charge on any atom is -0.466 e. The highest BCUT2D eigenvalue weighted by atomic mass is 32.2. The van der Waals surface area contributed by atoms with E-state index in [0.717, 1.165) is 25.9 Å². The van der Waals surface area contributed by atoms with E-state index < -0.39 is 11.9 Å². The lowest BCUT2D eigenvalue weighted by molar-refractivity contribution is -0.143. The van der Waals surface area contributed by atoms with Gasteiger partial charge in [-0.05, 0) is 43.2 Å². The first kappa shape index (κ1) is 23.7. The summed E-state index contributed by atoms with van der Waals surface area (Å²) in [6, 6.07) is 15.1. The predicted molar refractivity (Wildman–Crippen MR) is 125 cm³/mol. The predicted octanol–water partition coefficient (Wildman–Crippen LogP) is 4.20. The maximum Gasteiger partial charge on any atom is 0.338 e. The summed E-state index contributed by atoms with van der Waals surface area (Å²) in [5.41, 5.74) is 2.44. The van der Waals surface area contributed by atoms with Gasteiger partial charge in [-0.2, -0.15) is 0 Å². The highest BCUT2D eigenvalue weighted by molar-refractivity contribution is 8.00. The van der Waals surface area contributed by atoms with Crippen molar-refractivity contribution in [3.63, 3.8) is 0 Å². The van der Waals surface area contributed by atoms with Crippen LogP contribution < -0.4 is 5.32 Å². The number of nitrogens with one attached hydrogen (secondary N) is 1. The number of benzene rings is 2. The van der Waals surface area contributed by atoms with Crippen molar-refractivity contribution in [3.8, 4) is 0 Å². The number of para-hydroxylation sites is 1. The van der Waals surface area contributed by atoms with Gasteiger partial charge in [0.25, 0.3) is 5.91 Å². The third-order valence-electron chi connectivity index (χ3n) is 4.35. The highest BCUT2D eigenvalue weighted by Gasteiger charge is 2.11. The first-order chi connectivity index (χ1) is 15.5. The number of ether oxygens (including phenoxy) is 2. The minimum absolute atomic E-state index is 0.234. The van der Waals surface area contributed by atoms with Crippen LogP contribution in [-0.4, -0.2) is 42.6 Å². The molecule has 32 heavy (non-hydrogen) atoms. The summed E-state index contributed by atoms with van der Waals surface area (Å²) in [4.78, 5) is 39.8. The molecule has 9 heteroatoms. The number of carbonyl (C=O) groups excluding carboxylic acids is 3. The molecule has 3 aromatic rings. The van der Waals surface area contributed by atoms with Crippen molar-refractivity contribution >= 4 is 51.2 Å². The van der Waals surface area contributed by atoms with E-state index in [9.17, 15) is 14.4 Å². The summed E-state index contributed by atoms with van der Waals surface area (Å²) in [7, 11) is 0. The molecule has 0 saturated heterocycles. The summed E-state index contributed by atoms with van der Waals surface area (Å²) in [5, 5.41) is 2.61. The molecule has 3 rings (SSSR count). The Balaban J connectivity index is 1.37. The molecule has 0 fully saturated rings. The van der Waals surface area contributed by atoms with Crippen LogP contribution in [0.4, 0.5) is 0 Å². The number of hydrogen-bond donors (Lipinski definition) is 1. The molecule has 2 aromatic carbocycles. The molecule has 7 nitrogen and oxygen atoms in total. The molecular formula is C23H24N2O5S2. The number of amides is 1. The molecule has 0 aliphatic carbocycles. The minimum atomic E-state index is -0.558. The van der Waals surface area contributed by atoms with Gasteiger partial charge in [0.15, 0.2) is 10.9 Å². The fraction of sp³-hybridized carbons (Fsp3) is 0.304.